The zero-order valence-electron chi connectivity index (χ0n) is 7.62. The third kappa shape index (κ3) is 2.60. The second kappa shape index (κ2) is 4.81. The van der Waals surface area contributed by atoms with Gasteiger partial charge in [-0.05, 0) is 34.1 Å². The summed E-state index contributed by atoms with van der Waals surface area (Å²) in [5.41, 5.74) is 0. The summed E-state index contributed by atoms with van der Waals surface area (Å²) in [6.07, 6.45) is 1.11. The van der Waals surface area contributed by atoms with Gasteiger partial charge in [0.1, 0.15) is 11.5 Å². The number of hydrogen-bond acceptors (Lipinski definition) is 3. The first-order chi connectivity index (χ1) is 6.67. The maximum absolute atomic E-state index is 10.9. The number of benzene rings is 1. The monoisotopic (exact) mass is 256 g/mol. The summed E-state index contributed by atoms with van der Waals surface area (Å²) < 4.78 is 10.7. The molecule has 0 bridgehead atoms. The normalized spacial score (nSPS) is 9.29. The lowest BCUT2D eigenvalue weighted by Crippen LogP contribution is -2.02. The van der Waals surface area contributed by atoms with Crippen LogP contribution in [0.25, 0.3) is 0 Å². The second-order valence-corrected chi connectivity index (χ2v) is 3.28. The minimum atomic E-state index is -0.484. The van der Waals surface area contributed by atoms with E-state index in [-0.39, 0.29) is 0 Å². The molecule has 1 aromatic rings. The third-order valence-corrected chi connectivity index (χ3v) is 2.13. The lowest BCUT2D eigenvalue weighted by molar-refractivity contribution is -0.128. The van der Waals surface area contributed by atoms with E-state index in [2.05, 4.69) is 22.5 Å². The van der Waals surface area contributed by atoms with Crippen LogP contribution in [0.15, 0.2) is 35.3 Å². The fourth-order valence-corrected chi connectivity index (χ4v) is 1.39. The highest BCUT2D eigenvalue weighted by atomic mass is 79.9. The summed E-state index contributed by atoms with van der Waals surface area (Å²) in [5, 5.41) is 0. The quantitative estimate of drug-likeness (QED) is 0.474. The van der Waals surface area contributed by atoms with Crippen LogP contribution >= 0.6 is 15.9 Å². The maximum Gasteiger partial charge on any atom is 0.335 e. The van der Waals surface area contributed by atoms with Crippen molar-refractivity contribution in [1.82, 2.24) is 0 Å². The van der Waals surface area contributed by atoms with Gasteiger partial charge in [0.2, 0.25) is 0 Å². The van der Waals surface area contributed by atoms with Crippen molar-refractivity contribution in [2.45, 2.75) is 0 Å². The molecule has 0 heterocycles. The fraction of sp³-hybridized carbons (Fsp3) is 0.100. The average Bonchev–Trinajstić information content (AvgIpc) is 2.18. The number of ether oxygens (including phenoxy) is 2. The second-order valence-electron chi connectivity index (χ2n) is 2.42. The van der Waals surface area contributed by atoms with E-state index in [0.717, 1.165) is 10.5 Å². The number of carbonyl (C=O) groups is 1. The molecule has 0 aliphatic rings. The minimum Gasteiger partial charge on any atom is -0.496 e. The first kappa shape index (κ1) is 10.8. The van der Waals surface area contributed by atoms with Crippen LogP contribution in [0.5, 0.6) is 11.5 Å². The van der Waals surface area contributed by atoms with Gasteiger partial charge < -0.3 is 9.47 Å². The van der Waals surface area contributed by atoms with Crippen molar-refractivity contribution in [3.05, 3.63) is 35.3 Å². The van der Waals surface area contributed by atoms with E-state index in [9.17, 15) is 4.79 Å². The van der Waals surface area contributed by atoms with Crippen LogP contribution in [-0.2, 0) is 4.79 Å². The number of halogens is 1. The Morgan fingerprint density at radius 2 is 2.29 bits per heavy atom. The molecule has 0 N–H and O–H groups in total. The predicted molar refractivity (Wildman–Crippen MR) is 56.5 cm³/mol. The molecule has 0 radical (unpaired) electrons. The van der Waals surface area contributed by atoms with Crippen molar-refractivity contribution >= 4 is 21.9 Å². The van der Waals surface area contributed by atoms with Crippen LogP contribution in [-0.4, -0.2) is 13.1 Å². The zero-order valence-corrected chi connectivity index (χ0v) is 9.21. The van der Waals surface area contributed by atoms with Gasteiger partial charge in [0.25, 0.3) is 0 Å². The number of rotatable bonds is 3. The molecule has 0 aromatic heterocycles. The van der Waals surface area contributed by atoms with Gasteiger partial charge in [-0.25, -0.2) is 4.79 Å². The van der Waals surface area contributed by atoms with E-state index in [1.807, 2.05) is 0 Å². The highest BCUT2D eigenvalue weighted by Gasteiger charge is 2.04. The molecule has 0 saturated heterocycles. The van der Waals surface area contributed by atoms with E-state index in [1.165, 1.54) is 0 Å². The Morgan fingerprint density at radius 1 is 1.57 bits per heavy atom. The van der Waals surface area contributed by atoms with E-state index in [1.54, 1.807) is 25.3 Å². The van der Waals surface area contributed by atoms with Gasteiger partial charge in [0.15, 0.2) is 0 Å². The minimum absolute atomic E-state index is 0.447. The number of esters is 1. The lowest BCUT2D eigenvalue weighted by atomic mass is 10.3. The van der Waals surface area contributed by atoms with E-state index in [4.69, 9.17) is 9.47 Å². The SMILES string of the molecule is C=CC(=O)Oc1ccc(OC)c(Br)c1. The Morgan fingerprint density at radius 3 is 2.79 bits per heavy atom. The summed E-state index contributed by atoms with van der Waals surface area (Å²) in [5.74, 6) is 0.646. The molecular weight excluding hydrogens is 248 g/mol. The third-order valence-electron chi connectivity index (χ3n) is 1.51. The molecule has 0 amide bonds. The van der Waals surface area contributed by atoms with Gasteiger partial charge in [-0.2, -0.15) is 0 Å². The van der Waals surface area contributed by atoms with E-state index < -0.39 is 5.97 Å². The van der Waals surface area contributed by atoms with Crippen LogP contribution in [0.4, 0.5) is 0 Å². The van der Waals surface area contributed by atoms with E-state index >= 15 is 0 Å². The Hall–Kier alpha value is -1.29. The first-order valence-electron chi connectivity index (χ1n) is 3.85. The molecule has 1 rings (SSSR count). The molecule has 74 valence electrons. The van der Waals surface area contributed by atoms with Crippen LogP contribution in [0.3, 0.4) is 0 Å². The summed E-state index contributed by atoms with van der Waals surface area (Å²) >= 11 is 3.28. The molecule has 3 nitrogen and oxygen atoms in total. The molecule has 14 heavy (non-hydrogen) atoms. The van der Waals surface area contributed by atoms with Crippen LogP contribution in [0.2, 0.25) is 0 Å². The van der Waals surface area contributed by atoms with Crippen LogP contribution in [0.1, 0.15) is 0 Å². The molecule has 0 spiro atoms. The van der Waals surface area contributed by atoms with Crippen molar-refractivity contribution in [2.75, 3.05) is 7.11 Å². The highest BCUT2D eigenvalue weighted by Crippen LogP contribution is 2.28. The molecule has 0 aliphatic heterocycles. The molecule has 4 heteroatoms. The molecule has 0 fully saturated rings. The molecule has 0 unspecified atom stereocenters. The lowest BCUT2D eigenvalue weighted by Gasteiger charge is -2.05. The van der Waals surface area contributed by atoms with Gasteiger partial charge in [-0.3, -0.25) is 0 Å². The fourth-order valence-electron chi connectivity index (χ4n) is 0.868. The van der Waals surface area contributed by atoms with Crippen molar-refractivity contribution in [3.63, 3.8) is 0 Å². The Balaban J connectivity index is 2.86. The van der Waals surface area contributed by atoms with Crippen molar-refractivity contribution < 1.29 is 14.3 Å². The molecule has 0 atom stereocenters. The summed E-state index contributed by atoms with van der Waals surface area (Å²) in [6.45, 7) is 3.30. The summed E-state index contributed by atoms with van der Waals surface area (Å²) in [4.78, 5) is 10.9. The predicted octanol–water partition coefficient (Wildman–Crippen LogP) is 2.55. The van der Waals surface area contributed by atoms with Crippen molar-refractivity contribution in [2.24, 2.45) is 0 Å². The molecule has 1 aromatic carbocycles. The first-order valence-corrected chi connectivity index (χ1v) is 4.64. The molecule has 0 saturated carbocycles. The Bertz CT molecular complexity index is 360. The van der Waals surface area contributed by atoms with Crippen LogP contribution < -0.4 is 9.47 Å². The highest BCUT2D eigenvalue weighted by molar-refractivity contribution is 9.10. The van der Waals surface area contributed by atoms with Gasteiger partial charge in [-0.1, -0.05) is 6.58 Å². The smallest absolute Gasteiger partial charge is 0.335 e. The topological polar surface area (TPSA) is 35.5 Å². The number of methoxy groups -OCH3 is 1. The number of carbonyl (C=O) groups excluding carboxylic acids is 1. The molecule has 0 aliphatic carbocycles. The zero-order chi connectivity index (χ0) is 10.6. The van der Waals surface area contributed by atoms with Crippen LogP contribution in [0, 0.1) is 0 Å². The van der Waals surface area contributed by atoms with Crippen molar-refractivity contribution in [1.29, 1.82) is 0 Å². The van der Waals surface area contributed by atoms with Crippen molar-refractivity contribution in [3.8, 4) is 11.5 Å². The van der Waals surface area contributed by atoms with Gasteiger partial charge >= 0.3 is 5.97 Å². The Kier molecular flexibility index (Phi) is 3.71. The largest absolute Gasteiger partial charge is 0.496 e. The summed E-state index contributed by atoms with van der Waals surface area (Å²) in [7, 11) is 1.56. The average molecular weight is 257 g/mol. The summed E-state index contributed by atoms with van der Waals surface area (Å²) in [6, 6.07) is 5.00. The van der Waals surface area contributed by atoms with Gasteiger partial charge in [-0.15, -0.1) is 0 Å². The number of hydrogen-bond donors (Lipinski definition) is 0. The van der Waals surface area contributed by atoms with Gasteiger partial charge in [0.05, 0.1) is 11.6 Å². The Labute approximate surface area is 90.5 Å². The maximum atomic E-state index is 10.9. The standard InChI is InChI=1S/C10H9BrO3/c1-3-10(12)14-7-4-5-9(13-2)8(11)6-7/h3-6H,1H2,2H3. The molecular formula is C10H9BrO3. The van der Waals surface area contributed by atoms with Gasteiger partial charge in [0, 0.05) is 6.08 Å². The van der Waals surface area contributed by atoms with E-state index in [0.29, 0.717) is 11.5 Å².